The Morgan fingerprint density at radius 1 is 0.978 bits per heavy atom. The molecule has 2 aliphatic rings. The van der Waals surface area contributed by atoms with Crippen molar-refractivity contribution >= 4 is 28.6 Å². The Kier molecular flexibility index (Phi) is 8.36. The largest absolute Gasteiger partial charge is 0.508 e. The Morgan fingerprint density at radius 2 is 1.69 bits per heavy atom. The maximum atomic E-state index is 14.2. The molecule has 2 saturated heterocycles. The number of carbonyl (C=O) groups excluding carboxylic acids is 3. The number of nitrogens with zero attached hydrogens (tertiary/aromatic N) is 4. The van der Waals surface area contributed by atoms with Gasteiger partial charge in [-0.15, -0.1) is 6.42 Å². The molecule has 2 N–H and O–H groups in total. The summed E-state index contributed by atoms with van der Waals surface area (Å²) in [6, 6.07) is 24.9. The van der Waals surface area contributed by atoms with Gasteiger partial charge in [0.2, 0.25) is 11.8 Å². The molecule has 4 aromatic rings. The number of rotatable bonds is 8. The number of carbonyl (C=O) groups is 3. The number of halogens is 1. The number of phenolic OH excluding ortho intramolecular Hbond substituents is 1. The predicted molar refractivity (Wildman–Crippen MR) is 166 cm³/mol. The number of aromatic hydroxyl groups is 1. The summed E-state index contributed by atoms with van der Waals surface area (Å²) in [6.07, 6.45) is 5.26. The number of fused-ring (bicyclic) bond motifs is 2. The fraction of sp³-hybridized carbons (Fsp3) is 0.229. The quantitative estimate of drug-likeness (QED) is 0.298. The van der Waals surface area contributed by atoms with Crippen molar-refractivity contribution in [3.63, 3.8) is 0 Å². The number of terminal acetylenes is 1. The van der Waals surface area contributed by atoms with Gasteiger partial charge < -0.3 is 20.2 Å². The van der Waals surface area contributed by atoms with Gasteiger partial charge in [0, 0.05) is 19.5 Å². The lowest BCUT2D eigenvalue weighted by Crippen LogP contribution is -2.66. The molecular formula is C35H32FN5O4. The van der Waals surface area contributed by atoms with E-state index >= 15 is 0 Å². The number of nitrogens with one attached hydrogen (secondary N) is 1. The fourth-order valence-electron chi connectivity index (χ4n) is 6.12. The third kappa shape index (κ3) is 6.16. The van der Waals surface area contributed by atoms with E-state index in [0.717, 1.165) is 21.9 Å². The van der Waals surface area contributed by atoms with Crippen LogP contribution in [0.5, 0.6) is 5.75 Å². The van der Waals surface area contributed by atoms with Crippen LogP contribution in [0.2, 0.25) is 0 Å². The van der Waals surface area contributed by atoms with Crippen molar-refractivity contribution in [2.45, 2.75) is 31.7 Å². The van der Waals surface area contributed by atoms with E-state index in [-0.39, 0.29) is 56.0 Å². The van der Waals surface area contributed by atoms with Crippen LogP contribution < -0.4 is 5.32 Å². The van der Waals surface area contributed by atoms with Crippen LogP contribution in [0.15, 0.2) is 91.0 Å². The Balaban J connectivity index is 1.31. The van der Waals surface area contributed by atoms with Gasteiger partial charge in [-0.3, -0.25) is 9.59 Å². The molecule has 2 heterocycles. The first kappa shape index (κ1) is 29.7. The minimum atomic E-state index is -0.837. The van der Waals surface area contributed by atoms with Gasteiger partial charge in [-0.1, -0.05) is 72.7 Å². The van der Waals surface area contributed by atoms with E-state index in [9.17, 15) is 23.9 Å². The number of hydrogen-bond donors (Lipinski definition) is 2. The lowest BCUT2D eigenvalue weighted by molar-refractivity contribution is -0.157. The summed E-state index contributed by atoms with van der Waals surface area (Å²) in [7, 11) is 0. The van der Waals surface area contributed by atoms with Crippen molar-refractivity contribution in [1.82, 2.24) is 25.1 Å². The van der Waals surface area contributed by atoms with E-state index in [0.29, 0.717) is 12.1 Å². The van der Waals surface area contributed by atoms with Crippen LogP contribution in [0.25, 0.3) is 10.8 Å². The lowest BCUT2D eigenvalue weighted by Gasteiger charge is -2.46. The Bertz CT molecular complexity index is 1770. The SMILES string of the molecule is C#CCN(C(=O)NCc1ccc(F)cc1)N1CC(=O)N2[C@@H](Cc3ccc(O)cc3)C(=O)N(Cc3cccc4ccccc34)C[C@@H]21. The third-order valence-electron chi connectivity index (χ3n) is 8.32. The highest BCUT2D eigenvalue weighted by molar-refractivity contribution is 5.92. The maximum Gasteiger partial charge on any atom is 0.333 e. The van der Waals surface area contributed by atoms with Crippen molar-refractivity contribution in [1.29, 1.82) is 0 Å². The topological polar surface area (TPSA) is 96.4 Å². The van der Waals surface area contributed by atoms with Crippen LogP contribution in [-0.4, -0.2) is 74.6 Å². The molecule has 2 atom stereocenters. The van der Waals surface area contributed by atoms with Gasteiger partial charge in [-0.25, -0.2) is 14.2 Å². The Morgan fingerprint density at radius 3 is 2.44 bits per heavy atom. The number of amides is 4. The van der Waals surface area contributed by atoms with Crippen LogP contribution in [0, 0.1) is 18.2 Å². The zero-order valence-electron chi connectivity index (χ0n) is 24.5. The van der Waals surface area contributed by atoms with E-state index in [1.165, 1.54) is 17.1 Å². The van der Waals surface area contributed by atoms with Gasteiger partial charge in [0.05, 0.1) is 19.6 Å². The molecule has 10 heteroatoms. The minimum Gasteiger partial charge on any atom is -0.508 e. The van der Waals surface area contributed by atoms with E-state index < -0.39 is 18.2 Å². The monoisotopic (exact) mass is 605 g/mol. The summed E-state index contributed by atoms with van der Waals surface area (Å²) < 4.78 is 13.4. The van der Waals surface area contributed by atoms with E-state index in [2.05, 4.69) is 11.2 Å². The second-order valence-electron chi connectivity index (χ2n) is 11.2. The average molecular weight is 606 g/mol. The van der Waals surface area contributed by atoms with Gasteiger partial charge in [0.25, 0.3) is 0 Å². The molecule has 0 aromatic heterocycles. The molecule has 0 unspecified atom stereocenters. The third-order valence-corrected chi connectivity index (χ3v) is 8.32. The summed E-state index contributed by atoms with van der Waals surface area (Å²) in [5.74, 6) is 1.74. The summed E-state index contributed by atoms with van der Waals surface area (Å²) >= 11 is 0. The lowest BCUT2D eigenvalue weighted by atomic mass is 9.99. The van der Waals surface area contributed by atoms with Crippen molar-refractivity contribution in [2.24, 2.45) is 0 Å². The summed E-state index contributed by atoms with van der Waals surface area (Å²) in [5.41, 5.74) is 2.44. The van der Waals surface area contributed by atoms with Gasteiger partial charge in [-0.05, 0) is 51.7 Å². The number of benzene rings is 4. The summed E-state index contributed by atoms with van der Waals surface area (Å²) in [5, 5.41) is 17.7. The van der Waals surface area contributed by atoms with Crippen molar-refractivity contribution in [2.75, 3.05) is 19.6 Å². The molecule has 0 radical (unpaired) electrons. The number of piperazine rings is 1. The molecule has 4 aromatic carbocycles. The maximum absolute atomic E-state index is 14.2. The molecule has 45 heavy (non-hydrogen) atoms. The summed E-state index contributed by atoms with van der Waals surface area (Å²) in [6.45, 7) is 0.354. The molecule has 9 nitrogen and oxygen atoms in total. The van der Waals surface area contributed by atoms with Gasteiger partial charge in [0.1, 0.15) is 23.8 Å². The molecule has 0 aliphatic carbocycles. The Hall–Kier alpha value is -5.40. The molecule has 4 amide bonds. The molecule has 2 fully saturated rings. The van der Waals surface area contributed by atoms with Crippen molar-refractivity contribution in [3.8, 4) is 18.1 Å². The normalized spacial score (nSPS) is 18.1. The number of phenols is 1. The van der Waals surface area contributed by atoms with E-state index in [1.54, 1.807) is 51.2 Å². The van der Waals surface area contributed by atoms with Gasteiger partial charge >= 0.3 is 6.03 Å². The molecular weight excluding hydrogens is 573 g/mol. The Labute approximate surface area is 260 Å². The van der Waals surface area contributed by atoms with Crippen molar-refractivity contribution in [3.05, 3.63) is 114 Å². The predicted octanol–water partition coefficient (Wildman–Crippen LogP) is 3.87. The molecule has 6 rings (SSSR count). The highest BCUT2D eigenvalue weighted by Gasteiger charge is 2.52. The van der Waals surface area contributed by atoms with Crippen molar-refractivity contribution < 1.29 is 23.9 Å². The smallest absolute Gasteiger partial charge is 0.333 e. The van der Waals surface area contributed by atoms with Gasteiger partial charge in [0.15, 0.2) is 0 Å². The number of hydrazine groups is 1. The molecule has 0 spiro atoms. The molecule has 2 aliphatic heterocycles. The van der Waals surface area contributed by atoms with Crippen LogP contribution in [-0.2, 0) is 29.1 Å². The zero-order chi connectivity index (χ0) is 31.5. The highest BCUT2D eigenvalue weighted by Crippen LogP contribution is 2.31. The standard InChI is InChI=1S/C35H32FN5O4/c1-2-18-39(35(45)37-20-25-10-14-28(36)15-11-25)40-23-33(43)41-31(19-24-12-16-29(42)17-13-24)34(44)38(22-32(40)41)21-27-8-5-7-26-6-3-4-9-30(26)27/h1,3-17,31-32,42H,18-23H2,(H,37,45)/t31-,32+/m0/s1. The molecule has 0 bridgehead atoms. The molecule has 228 valence electrons. The van der Waals surface area contributed by atoms with E-state index in [4.69, 9.17) is 6.42 Å². The van der Waals surface area contributed by atoms with Crippen LogP contribution in [0.3, 0.4) is 0 Å². The first-order valence-corrected chi connectivity index (χ1v) is 14.7. The van der Waals surface area contributed by atoms with E-state index in [1.807, 2.05) is 42.5 Å². The zero-order valence-corrected chi connectivity index (χ0v) is 24.5. The first-order valence-electron chi connectivity index (χ1n) is 14.7. The number of hydrogen-bond acceptors (Lipinski definition) is 5. The van der Waals surface area contributed by atoms with Crippen LogP contribution in [0.4, 0.5) is 9.18 Å². The summed E-state index contributed by atoms with van der Waals surface area (Å²) in [4.78, 5) is 44.6. The minimum absolute atomic E-state index is 0.101. The van der Waals surface area contributed by atoms with Crippen LogP contribution in [0.1, 0.15) is 16.7 Å². The second-order valence-corrected chi connectivity index (χ2v) is 11.2. The number of urea groups is 1. The first-order chi connectivity index (χ1) is 21.8. The second kappa shape index (κ2) is 12.7. The fourth-order valence-corrected chi connectivity index (χ4v) is 6.12. The molecule has 0 saturated carbocycles. The highest BCUT2D eigenvalue weighted by atomic mass is 19.1. The van der Waals surface area contributed by atoms with Crippen LogP contribution >= 0.6 is 0 Å². The van der Waals surface area contributed by atoms with Gasteiger partial charge in [-0.2, -0.15) is 5.01 Å². The average Bonchev–Trinajstić information content (AvgIpc) is 3.37.